The molecule has 6 heteroatoms. The lowest BCUT2D eigenvalue weighted by molar-refractivity contribution is 0.0962. The molecule has 0 amide bonds. The van der Waals surface area contributed by atoms with Crippen molar-refractivity contribution in [3.63, 3.8) is 0 Å². The molecule has 0 saturated carbocycles. The fourth-order valence-electron chi connectivity index (χ4n) is 4.57. The predicted molar refractivity (Wildman–Crippen MR) is 123 cm³/mol. The molecule has 0 saturated heterocycles. The van der Waals surface area contributed by atoms with Gasteiger partial charge >= 0.3 is 0 Å². The zero-order valence-electron chi connectivity index (χ0n) is 18.5. The zero-order valence-corrected chi connectivity index (χ0v) is 18.5. The van der Waals surface area contributed by atoms with Gasteiger partial charge in [-0.3, -0.25) is 4.79 Å². The minimum Gasteiger partial charge on any atom is -0.493 e. The number of rotatable bonds is 5. The van der Waals surface area contributed by atoms with Crippen molar-refractivity contribution in [1.29, 1.82) is 0 Å². The van der Waals surface area contributed by atoms with E-state index < -0.39 is 0 Å². The summed E-state index contributed by atoms with van der Waals surface area (Å²) >= 11 is 0. The molecule has 2 aromatic carbocycles. The van der Waals surface area contributed by atoms with Crippen LogP contribution in [0.25, 0.3) is 16.8 Å². The quantitative estimate of drug-likeness (QED) is 0.454. The molecule has 1 atom stereocenters. The minimum absolute atomic E-state index is 0.0403. The van der Waals surface area contributed by atoms with Crippen LogP contribution in [0.1, 0.15) is 46.6 Å². The summed E-state index contributed by atoms with van der Waals surface area (Å²) in [6.45, 7) is 2.09. The molecule has 0 fully saturated rings. The Balaban J connectivity index is 1.60. The minimum atomic E-state index is 0.0403. The number of carbonyl (C=O) groups excluding carboxylic acids is 1. The Hall–Kier alpha value is -3.67. The highest BCUT2D eigenvalue weighted by Crippen LogP contribution is 2.37. The Kier molecular flexibility index (Phi) is 5.13. The number of hydrogen-bond donors (Lipinski definition) is 0. The number of fused-ring (bicyclic) bond motifs is 2. The second-order valence-electron chi connectivity index (χ2n) is 8.05. The first-order valence-electron chi connectivity index (χ1n) is 10.8. The van der Waals surface area contributed by atoms with Crippen molar-refractivity contribution in [2.24, 2.45) is 0 Å². The SMILES string of the molecule is CCc1nn2cc3c(nc2c1-c1ccccc1)CC(c1ccc(OC)c(OC)c1)CC3=O. The van der Waals surface area contributed by atoms with Gasteiger partial charge in [-0.1, -0.05) is 43.3 Å². The van der Waals surface area contributed by atoms with Crippen LogP contribution in [0.15, 0.2) is 54.7 Å². The van der Waals surface area contributed by atoms with Gasteiger partial charge in [0.25, 0.3) is 0 Å². The largest absolute Gasteiger partial charge is 0.493 e. The van der Waals surface area contributed by atoms with Crippen LogP contribution in [0.5, 0.6) is 11.5 Å². The third kappa shape index (κ3) is 3.32. The molecule has 0 spiro atoms. The lowest BCUT2D eigenvalue weighted by Gasteiger charge is -2.24. The van der Waals surface area contributed by atoms with E-state index in [-0.39, 0.29) is 11.7 Å². The van der Waals surface area contributed by atoms with E-state index in [2.05, 4.69) is 19.1 Å². The highest BCUT2D eigenvalue weighted by Gasteiger charge is 2.30. The van der Waals surface area contributed by atoms with Crippen molar-refractivity contribution < 1.29 is 14.3 Å². The Bertz CT molecular complexity index is 1310. The molecule has 1 unspecified atom stereocenters. The molecule has 0 N–H and O–H groups in total. The van der Waals surface area contributed by atoms with Gasteiger partial charge in [-0.15, -0.1) is 0 Å². The molecular formula is C26H25N3O3. The van der Waals surface area contributed by atoms with Gasteiger partial charge in [-0.05, 0) is 42.0 Å². The summed E-state index contributed by atoms with van der Waals surface area (Å²) in [5, 5.41) is 4.74. The third-order valence-corrected chi connectivity index (χ3v) is 6.21. The summed E-state index contributed by atoms with van der Waals surface area (Å²) in [7, 11) is 3.24. The van der Waals surface area contributed by atoms with Crippen molar-refractivity contribution in [2.45, 2.75) is 32.1 Å². The molecule has 0 bridgehead atoms. The van der Waals surface area contributed by atoms with E-state index in [1.54, 1.807) is 18.7 Å². The molecule has 2 heterocycles. The fraction of sp³-hybridized carbons (Fsp3) is 0.269. The van der Waals surface area contributed by atoms with Crippen molar-refractivity contribution >= 4 is 11.4 Å². The van der Waals surface area contributed by atoms with E-state index >= 15 is 0 Å². The first-order chi connectivity index (χ1) is 15.6. The van der Waals surface area contributed by atoms with Gasteiger partial charge in [0.05, 0.1) is 31.2 Å². The first kappa shape index (κ1) is 20.2. The van der Waals surface area contributed by atoms with Crippen molar-refractivity contribution in [3.8, 4) is 22.6 Å². The van der Waals surface area contributed by atoms with Crippen molar-refractivity contribution in [1.82, 2.24) is 14.6 Å². The van der Waals surface area contributed by atoms with Crippen LogP contribution in [-0.4, -0.2) is 34.6 Å². The highest BCUT2D eigenvalue weighted by molar-refractivity contribution is 5.99. The molecule has 32 heavy (non-hydrogen) atoms. The Morgan fingerprint density at radius 3 is 2.53 bits per heavy atom. The maximum absolute atomic E-state index is 13.1. The summed E-state index contributed by atoms with van der Waals surface area (Å²) in [6.07, 6.45) is 3.77. The second-order valence-corrected chi connectivity index (χ2v) is 8.05. The van der Waals surface area contributed by atoms with Gasteiger partial charge < -0.3 is 9.47 Å². The molecule has 1 aliphatic rings. The molecule has 0 aliphatic heterocycles. The summed E-state index contributed by atoms with van der Waals surface area (Å²) < 4.78 is 12.6. The molecule has 0 radical (unpaired) electrons. The second kappa shape index (κ2) is 8.11. The van der Waals surface area contributed by atoms with Gasteiger partial charge in [-0.2, -0.15) is 5.10 Å². The predicted octanol–water partition coefficient (Wildman–Crippen LogP) is 4.89. The number of hydrogen-bond acceptors (Lipinski definition) is 5. The Morgan fingerprint density at radius 1 is 1.03 bits per heavy atom. The van der Waals surface area contributed by atoms with Crippen LogP contribution in [0.2, 0.25) is 0 Å². The van der Waals surface area contributed by atoms with Crippen LogP contribution in [-0.2, 0) is 12.8 Å². The average Bonchev–Trinajstić information content (AvgIpc) is 3.20. The van der Waals surface area contributed by atoms with Gasteiger partial charge in [0, 0.05) is 18.2 Å². The number of carbonyl (C=O) groups is 1. The average molecular weight is 428 g/mol. The summed E-state index contributed by atoms with van der Waals surface area (Å²) in [4.78, 5) is 18.1. The lowest BCUT2D eigenvalue weighted by Crippen LogP contribution is -2.21. The lowest BCUT2D eigenvalue weighted by atomic mass is 9.82. The number of nitrogens with zero attached hydrogens (tertiary/aromatic N) is 3. The Morgan fingerprint density at radius 2 is 1.81 bits per heavy atom. The van der Waals surface area contributed by atoms with Crippen molar-refractivity contribution in [3.05, 3.63) is 77.2 Å². The monoisotopic (exact) mass is 427 g/mol. The number of aromatic nitrogens is 3. The van der Waals surface area contributed by atoms with Crippen LogP contribution < -0.4 is 9.47 Å². The molecular weight excluding hydrogens is 402 g/mol. The number of ether oxygens (including phenoxy) is 2. The summed E-state index contributed by atoms with van der Waals surface area (Å²) in [5.41, 5.74) is 6.45. The number of Topliss-reactive ketones (excluding diaryl/α,β-unsaturated/α-hetero) is 1. The number of aryl methyl sites for hydroxylation is 1. The van der Waals surface area contributed by atoms with Gasteiger partial charge in [-0.25, -0.2) is 9.50 Å². The van der Waals surface area contributed by atoms with Crippen LogP contribution in [0, 0.1) is 0 Å². The van der Waals surface area contributed by atoms with Gasteiger partial charge in [0.15, 0.2) is 22.9 Å². The third-order valence-electron chi connectivity index (χ3n) is 6.21. The molecule has 6 nitrogen and oxygen atoms in total. The Labute approximate surface area is 186 Å². The van der Waals surface area contributed by atoms with Crippen LogP contribution in [0.3, 0.4) is 0 Å². The van der Waals surface area contributed by atoms with Crippen molar-refractivity contribution in [2.75, 3.05) is 14.2 Å². The van der Waals surface area contributed by atoms with Crippen LogP contribution in [0.4, 0.5) is 0 Å². The van der Waals surface area contributed by atoms with E-state index in [9.17, 15) is 4.79 Å². The molecule has 162 valence electrons. The standard InChI is InChI=1S/C26H25N3O3/c1-4-20-25(16-8-6-5-7-9-16)26-27-21-12-18(13-22(30)19(21)15-29(26)28-20)17-10-11-23(31-2)24(14-17)32-3/h5-11,14-15,18H,4,12-13H2,1-3H3. The molecule has 2 aromatic heterocycles. The normalized spacial score (nSPS) is 15.6. The molecule has 4 aromatic rings. The van der Waals surface area contributed by atoms with E-state index in [1.807, 2.05) is 42.6 Å². The maximum Gasteiger partial charge on any atom is 0.166 e. The van der Waals surface area contributed by atoms with E-state index in [1.165, 1.54) is 0 Å². The number of methoxy groups -OCH3 is 2. The van der Waals surface area contributed by atoms with Gasteiger partial charge in [0.1, 0.15) is 0 Å². The highest BCUT2D eigenvalue weighted by atomic mass is 16.5. The van der Waals surface area contributed by atoms with Gasteiger partial charge in [0.2, 0.25) is 0 Å². The summed E-state index contributed by atoms with van der Waals surface area (Å²) in [6, 6.07) is 16.1. The fourth-order valence-corrected chi connectivity index (χ4v) is 4.57. The number of ketones is 1. The summed E-state index contributed by atoms with van der Waals surface area (Å²) in [5.74, 6) is 1.48. The van der Waals surface area contributed by atoms with Crippen LogP contribution >= 0.6 is 0 Å². The zero-order chi connectivity index (χ0) is 22.2. The smallest absolute Gasteiger partial charge is 0.166 e. The van der Waals surface area contributed by atoms with E-state index in [4.69, 9.17) is 19.6 Å². The molecule has 1 aliphatic carbocycles. The van der Waals surface area contributed by atoms with E-state index in [0.29, 0.717) is 29.9 Å². The molecule has 5 rings (SSSR count). The van der Waals surface area contributed by atoms with E-state index in [0.717, 1.165) is 40.1 Å². The maximum atomic E-state index is 13.1. The topological polar surface area (TPSA) is 65.7 Å². The number of benzene rings is 2. The first-order valence-corrected chi connectivity index (χ1v) is 10.8.